The number of alkyl halides is 1. The molecule has 1 aliphatic heterocycles. The molecule has 1 amide bonds. The summed E-state index contributed by atoms with van der Waals surface area (Å²) in [5.41, 5.74) is -1.61. The molecule has 2 aromatic heterocycles. The van der Waals surface area contributed by atoms with Crippen molar-refractivity contribution >= 4 is 22.8 Å². The molecule has 3 heterocycles. The summed E-state index contributed by atoms with van der Waals surface area (Å²) in [6.45, 7) is 1.96. The number of hydrogen-bond acceptors (Lipinski definition) is 6. The van der Waals surface area contributed by atoms with Gasteiger partial charge in [-0.25, -0.2) is 14.4 Å². The fraction of sp³-hybridized carbons (Fsp3) is 0.438. The van der Waals surface area contributed by atoms with Gasteiger partial charge < -0.3 is 24.8 Å². The molecule has 0 aromatic carbocycles. The Hall–Kier alpha value is -2.54. The highest BCUT2D eigenvalue weighted by Crippen LogP contribution is 2.43. The molecule has 132 valence electrons. The van der Waals surface area contributed by atoms with Gasteiger partial charge in [0.15, 0.2) is 11.9 Å². The van der Waals surface area contributed by atoms with Gasteiger partial charge in [-0.15, -0.1) is 6.42 Å². The second-order valence-electron chi connectivity index (χ2n) is 6.00. The largest absolute Gasteiger partial charge is 0.394 e. The zero-order valence-corrected chi connectivity index (χ0v) is 13.6. The Labute approximate surface area is 142 Å². The van der Waals surface area contributed by atoms with Crippen molar-refractivity contribution in [2.45, 2.75) is 38.0 Å². The summed E-state index contributed by atoms with van der Waals surface area (Å²) in [6, 6.07) is 0. The fourth-order valence-electron chi connectivity index (χ4n) is 3.00. The normalized spacial score (nSPS) is 28.9. The number of terminal acetylenes is 1. The zero-order valence-electron chi connectivity index (χ0n) is 13.6. The molecule has 3 N–H and O–H groups in total. The predicted octanol–water partition coefficient (Wildman–Crippen LogP) is 0.350. The third kappa shape index (κ3) is 2.64. The maximum atomic E-state index is 15.1. The lowest BCUT2D eigenvalue weighted by atomic mass is 9.98. The van der Waals surface area contributed by atoms with Crippen LogP contribution in [-0.2, 0) is 9.53 Å². The van der Waals surface area contributed by atoms with Gasteiger partial charge in [-0.05, 0) is 6.92 Å². The smallest absolute Gasteiger partial charge is 0.222 e. The fourth-order valence-corrected chi connectivity index (χ4v) is 3.00. The van der Waals surface area contributed by atoms with Crippen LogP contribution in [0.5, 0.6) is 0 Å². The van der Waals surface area contributed by atoms with Crippen molar-refractivity contribution in [1.82, 2.24) is 14.5 Å². The lowest BCUT2D eigenvalue weighted by Gasteiger charge is -2.25. The third-order valence-electron chi connectivity index (χ3n) is 4.21. The van der Waals surface area contributed by atoms with Gasteiger partial charge in [0.2, 0.25) is 5.91 Å². The van der Waals surface area contributed by atoms with E-state index in [4.69, 9.17) is 11.2 Å². The summed E-state index contributed by atoms with van der Waals surface area (Å²) < 4.78 is 21.9. The third-order valence-corrected chi connectivity index (χ3v) is 4.21. The minimum Gasteiger partial charge on any atom is -0.394 e. The van der Waals surface area contributed by atoms with Crippen molar-refractivity contribution in [1.29, 1.82) is 0 Å². The van der Waals surface area contributed by atoms with Crippen LogP contribution in [0.15, 0.2) is 12.5 Å². The highest BCUT2D eigenvalue weighted by atomic mass is 19.1. The first-order valence-electron chi connectivity index (χ1n) is 7.54. The molecule has 0 radical (unpaired) electrons. The van der Waals surface area contributed by atoms with Crippen molar-refractivity contribution in [3.05, 3.63) is 18.1 Å². The van der Waals surface area contributed by atoms with Crippen molar-refractivity contribution in [3.63, 3.8) is 0 Å². The quantitative estimate of drug-likeness (QED) is 0.691. The Morgan fingerprint density at radius 3 is 2.88 bits per heavy atom. The molecule has 0 saturated carbocycles. The molecule has 1 saturated heterocycles. The summed E-state index contributed by atoms with van der Waals surface area (Å²) in [5, 5.41) is 22.2. The highest BCUT2D eigenvalue weighted by Gasteiger charge is 2.55. The molecule has 9 heteroatoms. The SMILES string of the molecule is C#Cc1cn([C@@H]2O[C@H](CO)[C@@H](O)[C@@]2(C)F)c2ncnc(NC(C)=O)c12. The average Bonchev–Trinajstić information content (AvgIpc) is 3.04. The van der Waals surface area contributed by atoms with Gasteiger partial charge in [-0.2, -0.15) is 0 Å². The van der Waals surface area contributed by atoms with E-state index < -0.39 is 30.7 Å². The van der Waals surface area contributed by atoms with E-state index in [0.717, 1.165) is 0 Å². The van der Waals surface area contributed by atoms with Gasteiger partial charge in [0.25, 0.3) is 0 Å². The van der Waals surface area contributed by atoms with Gasteiger partial charge in [0.05, 0.1) is 17.6 Å². The number of carbonyl (C=O) groups excluding carboxylic acids is 1. The second kappa shape index (κ2) is 6.07. The number of hydrogen-bond donors (Lipinski definition) is 3. The number of anilines is 1. The molecular weight excluding hydrogens is 331 g/mol. The van der Waals surface area contributed by atoms with E-state index in [2.05, 4.69) is 21.2 Å². The van der Waals surface area contributed by atoms with Crippen LogP contribution in [0.3, 0.4) is 0 Å². The molecule has 1 aliphatic rings. The van der Waals surface area contributed by atoms with Crippen molar-refractivity contribution in [3.8, 4) is 12.3 Å². The van der Waals surface area contributed by atoms with Crippen LogP contribution in [0.4, 0.5) is 10.2 Å². The lowest BCUT2D eigenvalue weighted by Crippen LogP contribution is -2.40. The van der Waals surface area contributed by atoms with E-state index >= 15 is 4.39 Å². The zero-order chi connectivity index (χ0) is 18.4. The first-order valence-corrected chi connectivity index (χ1v) is 7.54. The monoisotopic (exact) mass is 348 g/mol. The summed E-state index contributed by atoms with van der Waals surface area (Å²) in [6.07, 6.45) is 4.31. The molecule has 0 spiro atoms. The van der Waals surface area contributed by atoms with Crippen LogP contribution in [0.25, 0.3) is 11.0 Å². The second-order valence-corrected chi connectivity index (χ2v) is 6.00. The van der Waals surface area contributed by atoms with E-state index in [1.54, 1.807) is 0 Å². The van der Waals surface area contributed by atoms with Crippen LogP contribution in [0, 0.1) is 12.3 Å². The standard InChI is InChI=1S/C16H17FN4O4/c1-4-9-5-21(15-16(3,17)12(24)10(6-22)25-15)14-11(9)13(18-7-19-14)20-8(2)23/h1,5,7,10,12,15,22,24H,6H2,2-3H3,(H,18,19,20,23)/t10-,12-,15-,16-/m1/s1. The van der Waals surface area contributed by atoms with Crippen LogP contribution in [-0.4, -0.2) is 55.1 Å². The number of amides is 1. The van der Waals surface area contributed by atoms with Gasteiger partial charge in [-0.1, -0.05) is 5.92 Å². The van der Waals surface area contributed by atoms with E-state index in [9.17, 15) is 15.0 Å². The average molecular weight is 348 g/mol. The molecule has 2 aromatic rings. The summed E-state index contributed by atoms with van der Waals surface area (Å²) >= 11 is 0. The summed E-state index contributed by atoms with van der Waals surface area (Å²) in [7, 11) is 0. The molecule has 0 unspecified atom stereocenters. The number of halogens is 1. The molecule has 0 bridgehead atoms. The van der Waals surface area contributed by atoms with E-state index in [1.807, 2.05) is 0 Å². The van der Waals surface area contributed by atoms with Gasteiger partial charge >= 0.3 is 0 Å². The van der Waals surface area contributed by atoms with E-state index in [1.165, 1.54) is 30.9 Å². The molecule has 4 atom stereocenters. The minimum atomic E-state index is -2.19. The molecule has 25 heavy (non-hydrogen) atoms. The number of aliphatic hydroxyl groups excluding tert-OH is 2. The number of ether oxygens (including phenoxy) is 1. The number of aromatic nitrogens is 3. The van der Waals surface area contributed by atoms with Gasteiger partial charge in [0.1, 0.15) is 30.0 Å². The van der Waals surface area contributed by atoms with E-state index in [-0.39, 0.29) is 17.4 Å². The highest BCUT2D eigenvalue weighted by molar-refractivity contribution is 6.00. The van der Waals surface area contributed by atoms with Crippen molar-refractivity contribution < 1.29 is 24.1 Å². The van der Waals surface area contributed by atoms with Crippen LogP contribution >= 0.6 is 0 Å². The Bertz CT molecular complexity index is 873. The van der Waals surface area contributed by atoms with Crippen LogP contribution < -0.4 is 5.32 Å². The Balaban J connectivity index is 2.19. The van der Waals surface area contributed by atoms with Crippen molar-refractivity contribution in [2.75, 3.05) is 11.9 Å². The van der Waals surface area contributed by atoms with Gasteiger partial charge in [0, 0.05) is 13.1 Å². The Morgan fingerprint density at radius 1 is 1.60 bits per heavy atom. The van der Waals surface area contributed by atoms with Crippen LogP contribution in [0.1, 0.15) is 25.6 Å². The van der Waals surface area contributed by atoms with Crippen molar-refractivity contribution in [2.24, 2.45) is 0 Å². The summed E-state index contributed by atoms with van der Waals surface area (Å²) in [4.78, 5) is 19.5. The lowest BCUT2D eigenvalue weighted by molar-refractivity contribution is -0.114. The molecule has 1 fully saturated rings. The van der Waals surface area contributed by atoms with E-state index in [0.29, 0.717) is 10.9 Å². The number of carbonyl (C=O) groups is 1. The topological polar surface area (TPSA) is 110 Å². The van der Waals surface area contributed by atoms with Gasteiger partial charge in [-0.3, -0.25) is 4.79 Å². The Morgan fingerprint density at radius 2 is 2.32 bits per heavy atom. The number of aliphatic hydroxyl groups is 2. The maximum absolute atomic E-state index is 15.1. The predicted molar refractivity (Wildman–Crippen MR) is 86.3 cm³/mol. The van der Waals surface area contributed by atoms with Crippen LogP contribution in [0.2, 0.25) is 0 Å². The number of rotatable bonds is 3. The number of fused-ring (bicyclic) bond motifs is 1. The number of nitrogens with one attached hydrogen (secondary N) is 1. The Kier molecular flexibility index (Phi) is 4.20. The maximum Gasteiger partial charge on any atom is 0.222 e. The number of nitrogens with zero attached hydrogens (tertiary/aromatic N) is 3. The minimum absolute atomic E-state index is 0.196. The molecule has 8 nitrogen and oxygen atoms in total. The summed E-state index contributed by atoms with van der Waals surface area (Å²) in [5.74, 6) is 2.30. The molecular formula is C16H17FN4O4. The first kappa shape index (κ1) is 17.3. The molecule has 3 rings (SSSR count). The first-order chi connectivity index (χ1) is 11.8. The molecule has 0 aliphatic carbocycles.